The number of halogens is 2. The van der Waals surface area contributed by atoms with Gasteiger partial charge in [0, 0.05) is 16.7 Å². The summed E-state index contributed by atoms with van der Waals surface area (Å²) in [6.45, 7) is 2.09. The molecule has 0 bridgehead atoms. The summed E-state index contributed by atoms with van der Waals surface area (Å²) in [4.78, 5) is 4.35. The molecule has 2 nitrogen and oxygen atoms in total. The van der Waals surface area contributed by atoms with Gasteiger partial charge in [0.2, 0.25) is 0 Å². The number of pyridine rings is 1. The van der Waals surface area contributed by atoms with E-state index < -0.39 is 0 Å². The Morgan fingerprint density at radius 3 is 2.70 bits per heavy atom. The number of nitrogens with zero attached hydrogens (tertiary/aromatic N) is 1. The molecule has 2 aromatic rings. The van der Waals surface area contributed by atoms with Crippen LogP contribution in [0.4, 0.5) is 0 Å². The Morgan fingerprint density at radius 2 is 2.05 bits per heavy atom. The third-order valence-corrected chi connectivity index (χ3v) is 5.58. The molecule has 0 spiro atoms. The van der Waals surface area contributed by atoms with Crippen molar-refractivity contribution in [3.8, 4) is 0 Å². The minimum atomic E-state index is 0.0387. The smallest absolute Gasteiger partial charge is 0.115 e. The van der Waals surface area contributed by atoms with Gasteiger partial charge in [0.25, 0.3) is 0 Å². The van der Waals surface area contributed by atoms with E-state index in [9.17, 15) is 0 Å². The van der Waals surface area contributed by atoms with Crippen LogP contribution < -0.4 is 5.73 Å². The Kier molecular flexibility index (Phi) is 5.90. The molecule has 2 N–H and O–H groups in total. The predicted molar refractivity (Wildman–Crippen MR) is 90.3 cm³/mol. The van der Waals surface area contributed by atoms with Gasteiger partial charge in [0.05, 0.1) is 10.3 Å². The zero-order valence-corrected chi connectivity index (χ0v) is 14.3. The van der Waals surface area contributed by atoms with Crippen molar-refractivity contribution in [2.24, 2.45) is 5.73 Å². The summed E-state index contributed by atoms with van der Waals surface area (Å²) < 4.78 is 1.06. The molecule has 0 aliphatic carbocycles. The van der Waals surface area contributed by atoms with Gasteiger partial charge in [-0.05, 0) is 30.2 Å². The molecule has 0 amide bonds. The molecule has 0 aliphatic heterocycles. The van der Waals surface area contributed by atoms with Crippen molar-refractivity contribution >= 4 is 39.3 Å². The van der Waals surface area contributed by atoms with Crippen LogP contribution in [-0.2, 0) is 0 Å². The quantitative estimate of drug-likeness (QED) is 0.746. The molecule has 2 atom stereocenters. The fourth-order valence-electron chi connectivity index (χ4n) is 1.88. The van der Waals surface area contributed by atoms with Crippen LogP contribution in [-0.4, -0.2) is 11.0 Å². The Balaban J connectivity index is 2.35. The summed E-state index contributed by atoms with van der Waals surface area (Å²) in [5.74, 6) is 0. The lowest BCUT2D eigenvalue weighted by molar-refractivity contribution is 0.632. The van der Waals surface area contributed by atoms with Gasteiger partial charge >= 0.3 is 0 Å². The molecular weight excluding hydrogens is 356 g/mol. The van der Waals surface area contributed by atoms with Crippen molar-refractivity contribution in [1.29, 1.82) is 0 Å². The highest BCUT2D eigenvalue weighted by Gasteiger charge is 2.23. The van der Waals surface area contributed by atoms with Gasteiger partial charge in [-0.3, -0.25) is 0 Å². The van der Waals surface area contributed by atoms with Crippen molar-refractivity contribution in [3.63, 3.8) is 0 Å². The lowest BCUT2D eigenvalue weighted by Gasteiger charge is -2.24. The van der Waals surface area contributed by atoms with Crippen LogP contribution in [0.2, 0.25) is 5.02 Å². The van der Waals surface area contributed by atoms with Gasteiger partial charge in [0.1, 0.15) is 5.03 Å². The second-order valence-corrected chi connectivity index (χ2v) is 6.81. The first kappa shape index (κ1) is 15.8. The van der Waals surface area contributed by atoms with E-state index in [-0.39, 0.29) is 11.3 Å². The summed E-state index contributed by atoms with van der Waals surface area (Å²) in [6, 6.07) is 11.9. The van der Waals surface area contributed by atoms with E-state index in [2.05, 4.69) is 33.9 Å². The van der Waals surface area contributed by atoms with Gasteiger partial charge in [-0.2, -0.15) is 0 Å². The lowest BCUT2D eigenvalue weighted by Crippen LogP contribution is -2.26. The number of hydrogen-bond donors (Lipinski definition) is 1. The summed E-state index contributed by atoms with van der Waals surface area (Å²) in [5.41, 5.74) is 7.48. The third-order valence-electron chi connectivity index (χ3n) is 3.04. The first-order chi connectivity index (χ1) is 9.63. The summed E-state index contributed by atoms with van der Waals surface area (Å²) in [6.07, 6.45) is 2.65. The molecule has 1 aromatic carbocycles. The number of rotatable bonds is 5. The van der Waals surface area contributed by atoms with E-state index in [0.29, 0.717) is 5.02 Å². The highest BCUT2D eigenvalue weighted by Crippen LogP contribution is 2.42. The van der Waals surface area contributed by atoms with E-state index in [0.717, 1.165) is 15.9 Å². The van der Waals surface area contributed by atoms with E-state index in [1.54, 1.807) is 18.0 Å². The van der Waals surface area contributed by atoms with E-state index >= 15 is 0 Å². The van der Waals surface area contributed by atoms with Gasteiger partial charge in [-0.25, -0.2) is 4.98 Å². The maximum Gasteiger partial charge on any atom is 0.115 e. The van der Waals surface area contributed by atoms with E-state index in [1.165, 1.54) is 5.56 Å². The highest BCUT2D eigenvalue weighted by molar-refractivity contribution is 9.10. The number of aromatic nitrogens is 1. The molecule has 0 fully saturated rings. The molecule has 2 rings (SSSR count). The van der Waals surface area contributed by atoms with E-state index in [4.69, 9.17) is 17.3 Å². The van der Waals surface area contributed by atoms with Crippen molar-refractivity contribution in [3.05, 3.63) is 57.7 Å². The van der Waals surface area contributed by atoms with Crippen LogP contribution in [0.3, 0.4) is 0 Å². The molecule has 1 heterocycles. The van der Waals surface area contributed by atoms with Crippen LogP contribution >= 0.6 is 39.3 Å². The fourth-order valence-corrected chi connectivity index (χ4v) is 4.06. The second-order valence-electron chi connectivity index (χ2n) is 4.42. The lowest BCUT2D eigenvalue weighted by atomic mass is 10.0. The topological polar surface area (TPSA) is 38.9 Å². The van der Waals surface area contributed by atoms with Crippen molar-refractivity contribution in [1.82, 2.24) is 4.98 Å². The molecule has 0 saturated heterocycles. The SMILES string of the molecule is CCC(N)C(Sc1ncccc1Cl)c1ccccc1Br. The zero-order valence-electron chi connectivity index (χ0n) is 11.1. The molecule has 0 radical (unpaired) electrons. The normalized spacial score (nSPS) is 14.0. The number of nitrogens with two attached hydrogens (primary N) is 1. The fraction of sp³-hybridized carbons (Fsp3) is 0.267. The van der Waals surface area contributed by atoms with Gasteiger partial charge in [-0.15, -0.1) is 0 Å². The Hall–Kier alpha value is -0.550. The maximum atomic E-state index is 6.30. The van der Waals surface area contributed by atoms with Gasteiger partial charge in [-0.1, -0.05) is 64.4 Å². The molecule has 5 heteroatoms. The molecular formula is C15H16BrClN2S. The minimum absolute atomic E-state index is 0.0387. The monoisotopic (exact) mass is 370 g/mol. The largest absolute Gasteiger partial charge is 0.326 e. The molecule has 0 aliphatic rings. The summed E-state index contributed by atoms with van der Waals surface area (Å²) in [5, 5.41) is 1.60. The standard InChI is InChI=1S/C15H16BrClN2S/c1-2-13(18)14(10-6-3-4-7-11(10)16)20-15-12(17)8-5-9-19-15/h3-9,13-14H,2,18H2,1H3. The molecule has 1 aromatic heterocycles. The zero-order chi connectivity index (χ0) is 14.5. The van der Waals surface area contributed by atoms with Crippen LogP contribution in [0.1, 0.15) is 24.2 Å². The predicted octanol–water partition coefficient (Wildman–Crippen LogP) is 5.07. The maximum absolute atomic E-state index is 6.30. The first-order valence-electron chi connectivity index (χ1n) is 6.40. The first-order valence-corrected chi connectivity index (χ1v) is 8.45. The molecule has 20 heavy (non-hydrogen) atoms. The highest BCUT2D eigenvalue weighted by atomic mass is 79.9. The number of benzene rings is 1. The van der Waals surface area contributed by atoms with Gasteiger partial charge in [0.15, 0.2) is 0 Å². The molecule has 2 unspecified atom stereocenters. The average Bonchev–Trinajstić information content (AvgIpc) is 2.47. The summed E-state index contributed by atoms with van der Waals surface area (Å²) in [7, 11) is 0. The number of thioether (sulfide) groups is 1. The Labute approximate surface area is 137 Å². The van der Waals surface area contributed by atoms with Crippen LogP contribution in [0.25, 0.3) is 0 Å². The Bertz CT molecular complexity index is 579. The molecule has 0 saturated carbocycles. The Morgan fingerprint density at radius 1 is 1.30 bits per heavy atom. The van der Waals surface area contributed by atoms with Gasteiger partial charge < -0.3 is 5.73 Å². The van der Waals surface area contributed by atoms with Crippen LogP contribution in [0, 0.1) is 0 Å². The average molecular weight is 372 g/mol. The van der Waals surface area contributed by atoms with Crippen molar-refractivity contribution in [2.75, 3.05) is 0 Å². The minimum Gasteiger partial charge on any atom is -0.326 e. The van der Waals surface area contributed by atoms with Crippen molar-refractivity contribution in [2.45, 2.75) is 29.7 Å². The van der Waals surface area contributed by atoms with E-state index in [1.807, 2.05) is 30.3 Å². The van der Waals surface area contributed by atoms with Crippen LogP contribution in [0.5, 0.6) is 0 Å². The molecule has 106 valence electrons. The second kappa shape index (κ2) is 7.46. The van der Waals surface area contributed by atoms with Crippen LogP contribution in [0.15, 0.2) is 52.1 Å². The van der Waals surface area contributed by atoms with Crippen molar-refractivity contribution < 1.29 is 0 Å². The third kappa shape index (κ3) is 3.76. The number of hydrogen-bond acceptors (Lipinski definition) is 3. The summed E-state index contributed by atoms with van der Waals surface area (Å²) >= 11 is 11.4.